The van der Waals surface area contributed by atoms with Crippen molar-refractivity contribution in [1.82, 2.24) is 10.2 Å². The molecule has 4 nitrogen and oxygen atoms in total. The molecule has 0 bridgehead atoms. The van der Waals surface area contributed by atoms with Crippen molar-refractivity contribution in [2.24, 2.45) is 5.92 Å². The molecule has 1 aromatic carbocycles. The largest absolute Gasteiger partial charge is 0.368 e. The maximum atomic E-state index is 12.3. The second kappa shape index (κ2) is 9.52. The molecule has 1 N–H and O–H groups in total. The van der Waals surface area contributed by atoms with Crippen molar-refractivity contribution in [1.29, 1.82) is 0 Å². The Morgan fingerprint density at radius 1 is 1.15 bits per heavy atom. The summed E-state index contributed by atoms with van der Waals surface area (Å²) in [6.07, 6.45) is 7.03. The number of nitrogens with zero attached hydrogens (tertiary/aromatic N) is 1. The Bertz CT molecular complexity index is 563. The van der Waals surface area contributed by atoms with Crippen LogP contribution in [0, 0.1) is 5.92 Å². The number of likely N-dealkylation sites (tertiary alicyclic amines) is 1. The molecule has 4 heteroatoms. The summed E-state index contributed by atoms with van der Waals surface area (Å²) in [6.45, 7) is 6.78. The summed E-state index contributed by atoms with van der Waals surface area (Å²) in [5, 5.41) is 3.19. The number of piperidine rings is 1. The first kappa shape index (κ1) is 19.4. The maximum absolute atomic E-state index is 12.3. The monoisotopic (exact) mass is 358 g/mol. The van der Waals surface area contributed by atoms with Gasteiger partial charge >= 0.3 is 0 Å². The third-order valence-electron chi connectivity index (χ3n) is 5.95. The molecule has 0 aromatic heterocycles. The van der Waals surface area contributed by atoms with E-state index in [9.17, 15) is 4.79 Å². The minimum absolute atomic E-state index is 0.0527. The second-order valence-electron chi connectivity index (χ2n) is 8.30. The van der Waals surface area contributed by atoms with Gasteiger partial charge in [-0.15, -0.1) is 0 Å². The molecule has 1 saturated heterocycles. The van der Waals surface area contributed by atoms with Gasteiger partial charge in [0.15, 0.2) is 0 Å². The molecule has 1 aliphatic carbocycles. The van der Waals surface area contributed by atoms with E-state index in [-0.39, 0.29) is 24.7 Å². The van der Waals surface area contributed by atoms with Crippen LogP contribution in [0.2, 0.25) is 0 Å². The van der Waals surface area contributed by atoms with Gasteiger partial charge in [0.25, 0.3) is 0 Å². The highest BCUT2D eigenvalue weighted by Crippen LogP contribution is 2.25. The Kier molecular flexibility index (Phi) is 7.09. The fourth-order valence-corrected chi connectivity index (χ4v) is 4.40. The molecule has 1 heterocycles. The van der Waals surface area contributed by atoms with E-state index >= 15 is 0 Å². The molecule has 1 amide bonds. The second-order valence-corrected chi connectivity index (χ2v) is 8.30. The topological polar surface area (TPSA) is 41.6 Å². The minimum Gasteiger partial charge on any atom is -0.368 e. The fraction of sp³-hybridized carbons (Fsp3) is 0.682. The van der Waals surface area contributed by atoms with Crippen molar-refractivity contribution < 1.29 is 9.53 Å². The summed E-state index contributed by atoms with van der Waals surface area (Å²) >= 11 is 0. The van der Waals surface area contributed by atoms with E-state index in [0.29, 0.717) is 6.04 Å². The van der Waals surface area contributed by atoms with Crippen LogP contribution in [0.25, 0.3) is 0 Å². The molecule has 0 spiro atoms. The van der Waals surface area contributed by atoms with Crippen LogP contribution in [0.1, 0.15) is 57.9 Å². The summed E-state index contributed by atoms with van der Waals surface area (Å²) in [5.74, 6) is 0.781. The first-order chi connectivity index (χ1) is 12.6. The van der Waals surface area contributed by atoms with Gasteiger partial charge in [-0.3, -0.25) is 9.69 Å². The lowest BCUT2D eigenvalue weighted by Crippen LogP contribution is -2.49. The van der Waals surface area contributed by atoms with Crippen LogP contribution in [0.15, 0.2) is 30.3 Å². The zero-order chi connectivity index (χ0) is 18.4. The number of carbonyl (C=O) groups excluding carboxylic acids is 1. The zero-order valence-corrected chi connectivity index (χ0v) is 16.3. The summed E-state index contributed by atoms with van der Waals surface area (Å²) in [6, 6.07) is 11.4. The van der Waals surface area contributed by atoms with Crippen LogP contribution in [-0.4, -0.2) is 42.1 Å². The Hall–Kier alpha value is -1.39. The van der Waals surface area contributed by atoms with Gasteiger partial charge in [-0.25, -0.2) is 0 Å². The number of hydrogen-bond acceptors (Lipinski definition) is 3. The van der Waals surface area contributed by atoms with Crippen molar-refractivity contribution in [2.75, 3.05) is 13.2 Å². The van der Waals surface area contributed by atoms with E-state index in [2.05, 4.69) is 54.4 Å². The van der Waals surface area contributed by atoms with E-state index < -0.39 is 0 Å². The van der Waals surface area contributed by atoms with Gasteiger partial charge in [-0.2, -0.15) is 0 Å². The van der Waals surface area contributed by atoms with Gasteiger partial charge in [-0.05, 0) is 44.1 Å². The summed E-state index contributed by atoms with van der Waals surface area (Å²) in [5.41, 5.74) is 1.36. The van der Waals surface area contributed by atoms with Crippen LogP contribution in [0.3, 0.4) is 0 Å². The lowest BCUT2D eigenvalue weighted by molar-refractivity contribution is -0.129. The number of amides is 1. The van der Waals surface area contributed by atoms with Crippen LogP contribution >= 0.6 is 0 Å². The van der Waals surface area contributed by atoms with E-state index in [1.165, 1.54) is 18.4 Å². The van der Waals surface area contributed by atoms with Crippen molar-refractivity contribution in [3.8, 4) is 0 Å². The van der Waals surface area contributed by atoms with E-state index in [1.54, 1.807) is 0 Å². The summed E-state index contributed by atoms with van der Waals surface area (Å²) < 4.78 is 5.86. The standard InChI is InChI=1S/C22H34N2O2/c1-17-7-6-10-21(13-17)26-16-22(25)23-20-11-12-24(18(2)14-20)15-19-8-4-3-5-9-19/h3-5,8-9,17-18,20-21H,6-7,10-16H2,1-2H3,(H,23,25)/t17-,18-,20-,21+/m1/s1. The quantitative estimate of drug-likeness (QED) is 0.842. The first-order valence-corrected chi connectivity index (χ1v) is 10.3. The number of benzene rings is 1. The number of carbonyl (C=O) groups is 1. The highest BCUT2D eigenvalue weighted by molar-refractivity contribution is 5.77. The molecule has 1 aliphatic heterocycles. The molecule has 4 atom stereocenters. The number of rotatable bonds is 6. The first-order valence-electron chi connectivity index (χ1n) is 10.3. The average molecular weight is 359 g/mol. The normalized spacial score (nSPS) is 30.1. The molecule has 2 aliphatic rings. The van der Waals surface area contributed by atoms with Crippen LogP contribution in [-0.2, 0) is 16.1 Å². The maximum Gasteiger partial charge on any atom is 0.246 e. The molecule has 26 heavy (non-hydrogen) atoms. The smallest absolute Gasteiger partial charge is 0.246 e. The molecule has 144 valence electrons. The third kappa shape index (κ3) is 5.82. The van der Waals surface area contributed by atoms with Gasteiger partial charge < -0.3 is 10.1 Å². The Balaban J connectivity index is 1.37. The molecule has 2 fully saturated rings. The van der Waals surface area contributed by atoms with Crippen LogP contribution in [0.4, 0.5) is 0 Å². The molecule has 3 rings (SSSR count). The SMILES string of the molecule is C[C@@H]1CCC[C@H](OCC(=O)N[C@@H]2CCN(Cc3ccccc3)[C@H](C)C2)C1. The minimum atomic E-state index is 0.0527. The molecular weight excluding hydrogens is 324 g/mol. The van der Waals surface area contributed by atoms with Crippen LogP contribution < -0.4 is 5.32 Å². The zero-order valence-electron chi connectivity index (χ0n) is 16.3. The van der Waals surface area contributed by atoms with Crippen molar-refractivity contribution in [3.63, 3.8) is 0 Å². The van der Waals surface area contributed by atoms with Crippen molar-refractivity contribution >= 4 is 5.91 Å². The Labute approximate surface area is 158 Å². The molecule has 1 saturated carbocycles. The number of hydrogen-bond donors (Lipinski definition) is 1. The predicted octanol–water partition coefficient (Wildman–Crippen LogP) is 3.75. The summed E-state index contributed by atoms with van der Waals surface area (Å²) in [7, 11) is 0. The van der Waals surface area contributed by atoms with Crippen molar-refractivity contribution in [2.45, 2.75) is 77.1 Å². The van der Waals surface area contributed by atoms with E-state index in [0.717, 1.165) is 44.7 Å². The van der Waals surface area contributed by atoms with Gasteiger partial charge in [0.2, 0.25) is 5.91 Å². The molecule has 0 unspecified atom stereocenters. The molecule has 1 aromatic rings. The Morgan fingerprint density at radius 3 is 2.69 bits per heavy atom. The van der Waals surface area contributed by atoms with Gasteiger partial charge in [0.05, 0.1) is 6.10 Å². The Morgan fingerprint density at radius 2 is 1.96 bits per heavy atom. The van der Waals surface area contributed by atoms with E-state index in [1.807, 2.05) is 0 Å². The van der Waals surface area contributed by atoms with E-state index in [4.69, 9.17) is 4.74 Å². The number of ether oxygens (including phenoxy) is 1. The average Bonchev–Trinajstić information content (AvgIpc) is 2.63. The van der Waals surface area contributed by atoms with Gasteiger partial charge in [0.1, 0.15) is 6.61 Å². The molecular formula is C22H34N2O2. The third-order valence-corrected chi connectivity index (χ3v) is 5.95. The number of nitrogens with one attached hydrogen (secondary N) is 1. The van der Waals surface area contributed by atoms with Crippen LogP contribution in [0.5, 0.6) is 0 Å². The highest BCUT2D eigenvalue weighted by atomic mass is 16.5. The molecule has 0 radical (unpaired) electrons. The van der Waals surface area contributed by atoms with Gasteiger partial charge in [-0.1, -0.05) is 50.1 Å². The lowest BCUT2D eigenvalue weighted by Gasteiger charge is -2.38. The van der Waals surface area contributed by atoms with Gasteiger partial charge in [0, 0.05) is 25.2 Å². The highest BCUT2D eigenvalue weighted by Gasteiger charge is 2.27. The summed E-state index contributed by atoms with van der Waals surface area (Å²) in [4.78, 5) is 14.8. The van der Waals surface area contributed by atoms with Crippen molar-refractivity contribution in [3.05, 3.63) is 35.9 Å². The lowest BCUT2D eigenvalue weighted by atomic mass is 9.89. The predicted molar refractivity (Wildman–Crippen MR) is 105 cm³/mol. The fourth-order valence-electron chi connectivity index (χ4n) is 4.40.